The fourth-order valence-electron chi connectivity index (χ4n) is 4.21. The predicted molar refractivity (Wildman–Crippen MR) is 123 cm³/mol. The van der Waals surface area contributed by atoms with E-state index in [1.165, 1.54) is 5.56 Å². The lowest BCUT2D eigenvalue weighted by atomic mass is 10.1. The number of benzene rings is 2. The van der Waals surface area contributed by atoms with Gasteiger partial charge in [0, 0.05) is 44.7 Å². The van der Waals surface area contributed by atoms with Gasteiger partial charge >= 0.3 is 0 Å². The van der Waals surface area contributed by atoms with Gasteiger partial charge in [0.2, 0.25) is 5.91 Å². The van der Waals surface area contributed by atoms with Gasteiger partial charge in [-0.3, -0.25) is 19.1 Å². The number of piperazine rings is 1. The third-order valence-electron chi connectivity index (χ3n) is 6.13. The van der Waals surface area contributed by atoms with E-state index in [1.54, 1.807) is 29.8 Å². The first kappa shape index (κ1) is 21.5. The predicted octanol–water partition coefficient (Wildman–Crippen LogP) is 3.42. The Morgan fingerprint density at radius 1 is 1.10 bits per heavy atom. The fraction of sp³-hybridized carbons (Fsp3) is 0.375. The second-order valence-electron chi connectivity index (χ2n) is 8.07. The second kappa shape index (κ2) is 9.20. The lowest BCUT2D eigenvalue weighted by Crippen LogP contribution is -2.50. The van der Waals surface area contributed by atoms with Crippen LogP contribution in [-0.2, 0) is 18.3 Å². The topological polar surface area (TPSA) is 58.4 Å². The highest BCUT2D eigenvalue weighted by molar-refractivity contribution is 6.31. The lowest BCUT2D eigenvalue weighted by Gasteiger charge is -2.38. The number of nitrogens with zero attached hydrogens (tertiary/aromatic N) is 4. The second-order valence-corrected chi connectivity index (χ2v) is 8.51. The van der Waals surface area contributed by atoms with Crippen molar-refractivity contribution in [1.82, 2.24) is 19.4 Å². The van der Waals surface area contributed by atoms with Crippen LogP contribution in [0.25, 0.3) is 10.9 Å². The summed E-state index contributed by atoms with van der Waals surface area (Å²) in [6.45, 7) is 4.94. The molecule has 1 saturated heterocycles. The molecule has 7 heteroatoms. The van der Waals surface area contributed by atoms with E-state index in [-0.39, 0.29) is 17.5 Å². The number of halogens is 1. The first-order chi connectivity index (χ1) is 14.9. The molecule has 0 aliphatic carbocycles. The molecule has 3 aromatic rings. The van der Waals surface area contributed by atoms with Gasteiger partial charge in [0.25, 0.3) is 5.56 Å². The van der Waals surface area contributed by atoms with E-state index in [2.05, 4.69) is 24.0 Å². The van der Waals surface area contributed by atoms with E-state index in [4.69, 9.17) is 16.6 Å². The smallest absolute Gasteiger partial charge is 0.261 e. The standard InChI is InChI=1S/C24H27ClN4O2/c1-17(23-26-21-16-19(25)9-10-20(21)24(31)27(23)2)28-12-14-29(15-13-28)22(30)11-8-18-6-4-3-5-7-18/h3-7,9-10,16-17H,8,11-15H2,1-2H3. The number of hydrogen-bond acceptors (Lipinski definition) is 4. The fourth-order valence-corrected chi connectivity index (χ4v) is 4.38. The van der Waals surface area contributed by atoms with Crippen molar-refractivity contribution in [2.75, 3.05) is 26.2 Å². The summed E-state index contributed by atoms with van der Waals surface area (Å²) in [5, 5.41) is 1.13. The largest absolute Gasteiger partial charge is 0.340 e. The van der Waals surface area contributed by atoms with Gasteiger partial charge in [-0.05, 0) is 37.1 Å². The molecule has 31 heavy (non-hydrogen) atoms. The number of carbonyl (C=O) groups excluding carboxylic acids is 1. The maximum Gasteiger partial charge on any atom is 0.261 e. The van der Waals surface area contributed by atoms with E-state index in [9.17, 15) is 9.59 Å². The van der Waals surface area contributed by atoms with Crippen LogP contribution in [0.4, 0.5) is 0 Å². The molecule has 2 aromatic carbocycles. The summed E-state index contributed by atoms with van der Waals surface area (Å²) in [4.78, 5) is 34.4. The van der Waals surface area contributed by atoms with Crippen molar-refractivity contribution in [3.8, 4) is 0 Å². The molecule has 1 atom stereocenters. The van der Waals surface area contributed by atoms with Crippen molar-refractivity contribution in [1.29, 1.82) is 0 Å². The van der Waals surface area contributed by atoms with Gasteiger partial charge in [-0.2, -0.15) is 0 Å². The molecule has 6 nitrogen and oxygen atoms in total. The SMILES string of the molecule is CC(c1nc2cc(Cl)ccc2c(=O)n1C)N1CCN(C(=O)CCc2ccccc2)CC1. The maximum absolute atomic E-state index is 12.8. The van der Waals surface area contributed by atoms with Crippen LogP contribution in [0.1, 0.15) is 30.8 Å². The molecular formula is C24H27ClN4O2. The number of rotatable bonds is 5. The number of aryl methyl sites for hydroxylation is 1. The van der Waals surface area contributed by atoms with Gasteiger partial charge in [0.05, 0.1) is 16.9 Å². The monoisotopic (exact) mass is 438 g/mol. The molecule has 1 aliphatic rings. The number of fused-ring (bicyclic) bond motifs is 1. The molecular weight excluding hydrogens is 412 g/mol. The molecule has 0 spiro atoms. The van der Waals surface area contributed by atoms with Crippen LogP contribution in [0.5, 0.6) is 0 Å². The van der Waals surface area contributed by atoms with Gasteiger partial charge in [0.15, 0.2) is 0 Å². The molecule has 0 saturated carbocycles. The Morgan fingerprint density at radius 2 is 1.81 bits per heavy atom. The summed E-state index contributed by atoms with van der Waals surface area (Å²) in [6.07, 6.45) is 1.29. The summed E-state index contributed by atoms with van der Waals surface area (Å²) >= 11 is 6.11. The molecule has 1 aromatic heterocycles. The molecule has 1 amide bonds. The van der Waals surface area contributed by atoms with Gasteiger partial charge in [0.1, 0.15) is 5.82 Å². The van der Waals surface area contributed by atoms with E-state index >= 15 is 0 Å². The average molecular weight is 439 g/mol. The summed E-state index contributed by atoms with van der Waals surface area (Å²) in [7, 11) is 1.76. The minimum absolute atomic E-state index is 0.0392. The van der Waals surface area contributed by atoms with Crippen LogP contribution >= 0.6 is 11.6 Å². The van der Waals surface area contributed by atoms with Gasteiger partial charge in [-0.15, -0.1) is 0 Å². The number of aromatic nitrogens is 2. The molecule has 1 unspecified atom stereocenters. The lowest BCUT2D eigenvalue weighted by molar-refractivity contribution is -0.133. The van der Waals surface area contributed by atoms with Crippen molar-refractivity contribution in [3.63, 3.8) is 0 Å². The molecule has 0 bridgehead atoms. The summed E-state index contributed by atoms with van der Waals surface area (Å²) in [6, 6.07) is 15.2. The highest BCUT2D eigenvalue weighted by atomic mass is 35.5. The maximum atomic E-state index is 12.8. The van der Waals surface area contributed by atoms with E-state index in [0.717, 1.165) is 19.5 Å². The molecule has 162 valence electrons. The van der Waals surface area contributed by atoms with Crippen LogP contribution < -0.4 is 5.56 Å². The highest BCUT2D eigenvalue weighted by Crippen LogP contribution is 2.22. The Kier molecular flexibility index (Phi) is 6.39. The Bertz CT molecular complexity index is 1140. The van der Waals surface area contributed by atoms with Crippen molar-refractivity contribution >= 4 is 28.4 Å². The van der Waals surface area contributed by atoms with Crippen LogP contribution in [0.15, 0.2) is 53.3 Å². The van der Waals surface area contributed by atoms with Gasteiger partial charge in [-0.25, -0.2) is 4.98 Å². The van der Waals surface area contributed by atoms with Gasteiger partial charge in [-0.1, -0.05) is 41.9 Å². The Balaban J connectivity index is 1.41. The molecule has 4 rings (SSSR count). The minimum Gasteiger partial charge on any atom is -0.340 e. The molecule has 0 radical (unpaired) electrons. The Hall–Kier alpha value is -2.70. The number of amides is 1. The summed E-state index contributed by atoms with van der Waals surface area (Å²) < 4.78 is 1.62. The minimum atomic E-state index is -0.0711. The zero-order chi connectivity index (χ0) is 22.0. The molecule has 2 heterocycles. The summed E-state index contributed by atoms with van der Waals surface area (Å²) in [5.74, 6) is 0.908. The van der Waals surface area contributed by atoms with Crippen LogP contribution in [0.3, 0.4) is 0 Å². The summed E-state index contributed by atoms with van der Waals surface area (Å²) in [5.41, 5.74) is 1.73. The van der Waals surface area contributed by atoms with Crippen molar-refractivity contribution in [2.45, 2.75) is 25.8 Å². The number of carbonyl (C=O) groups is 1. The van der Waals surface area contributed by atoms with Crippen molar-refractivity contribution in [2.24, 2.45) is 7.05 Å². The first-order valence-corrected chi connectivity index (χ1v) is 11.0. The first-order valence-electron chi connectivity index (χ1n) is 10.7. The third-order valence-corrected chi connectivity index (χ3v) is 6.37. The zero-order valence-electron chi connectivity index (χ0n) is 17.9. The Morgan fingerprint density at radius 3 is 2.52 bits per heavy atom. The van der Waals surface area contributed by atoms with Crippen molar-refractivity contribution in [3.05, 3.63) is 75.3 Å². The van der Waals surface area contributed by atoms with Crippen LogP contribution in [0.2, 0.25) is 5.02 Å². The Labute approximate surface area is 187 Å². The zero-order valence-corrected chi connectivity index (χ0v) is 18.7. The molecule has 1 fully saturated rings. The van der Waals surface area contributed by atoms with Crippen molar-refractivity contribution < 1.29 is 4.79 Å². The average Bonchev–Trinajstić information content (AvgIpc) is 2.80. The quantitative estimate of drug-likeness (QED) is 0.612. The molecule has 1 aliphatic heterocycles. The van der Waals surface area contributed by atoms with E-state index in [0.29, 0.717) is 41.3 Å². The number of hydrogen-bond donors (Lipinski definition) is 0. The van der Waals surface area contributed by atoms with E-state index < -0.39 is 0 Å². The normalized spacial score (nSPS) is 15.9. The van der Waals surface area contributed by atoms with Gasteiger partial charge < -0.3 is 4.90 Å². The van der Waals surface area contributed by atoms with Crippen LogP contribution in [0, 0.1) is 0 Å². The van der Waals surface area contributed by atoms with Crippen LogP contribution in [-0.4, -0.2) is 51.4 Å². The third kappa shape index (κ3) is 4.65. The van der Waals surface area contributed by atoms with E-state index in [1.807, 2.05) is 23.1 Å². The highest BCUT2D eigenvalue weighted by Gasteiger charge is 2.27. The molecule has 0 N–H and O–H groups in total.